The standard InChI is InChI=1S/C15H15N5OS/c1-9-5-3-4-6-12(9)19-14(21)10(2)22-15-18-8-11(7-16)13(17)20-15/h3-6,8,10H,1-2H3,(H,19,21)(H2,17,18,20)/t10-/m0/s1. The summed E-state index contributed by atoms with van der Waals surface area (Å²) in [5.74, 6) is -0.0302. The van der Waals surface area contributed by atoms with Gasteiger partial charge in [-0.1, -0.05) is 30.0 Å². The van der Waals surface area contributed by atoms with Crippen molar-refractivity contribution in [3.05, 3.63) is 41.6 Å². The minimum absolute atomic E-state index is 0.117. The zero-order valence-corrected chi connectivity index (χ0v) is 13.0. The van der Waals surface area contributed by atoms with Gasteiger partial charge in [0, 0.05) is 5.69 Å². The van der Waals surface area contributed by atoms with Gasteiger partial charge in [-0.2, -0.15) is 5.26 Å². The van der Waals surface area contributed by atoms with E-state index in [0.29, 0.717) is 5.16 Å². The van der Waals surface area contributed by atoms with Crippen LogP contribution in [0.1, 0.15) is 18.1 Å². The number of rotatable bonds is 4. The van der Waals surface area contributed by atoms with Crippen LogP contribution in [-0.2, 0) is 4.79 Å². The molecule has 6 nitrogen and oxygen atoms in total. The topological polar surface area (TPSA) is 105 Å². The molecule has 7 heteroatoms. The lowest BCUT2D eigenvalue weighted by molar-refractivity contribution is -0.115. The van der Waals surface area contributed by atoms with Crippen LogP contribution in [0.25, 0.3) is 0 Å². The van der Waals surface area contributed by atoms with Gasteiger partial charge in [-0.15, -0.1) is 0 Å². The molecule has 0 radical (unpaired) electrons. The highest BCUT2D eigenvalue weighted by atomic mass is 32.2. The van der Waals surface area contributed by atoms with Crippen LogP contribution >= 0.6 is 11.8 Å². The van der Waals surface area contributed by atoms with Gasteiger partial charge in [0.25, 0.3) is 0 Å². The summed E-state index contributed by atoms with van der Waals surface area (Å²) in [4.78, 5) is 20.3. The second-order valence-electron chi connectivity index (χ2n) is 4.63. The van der Waals surface area contributed by atoms with Gasteiger partial charge in [-0.25, -0.2) is 9.97 Å². The third-order valence-corrected chi connectivity index (χ3v) is 3.95. The van der Waals surface area contributed by atoms with Gasteiger partial charge in [0.05, 0.1) is 11.4 Å². The molecule has 0 aliphatic carbocycles. The number of hydrogen-bond donors (Lipinski definition) is 2. The van der Waals surface area contributed by atoms with Crippen molar-refractivity contribution >= 4 is 29.2 Å². The number of nitrogens with zero attached hydrogens (tertiary/aromatic N) is 3. The summed E-state index contributed by atoms with van der Waals surface area (Å²) in [7, 11) is 0. The van der Waals surface area contributed by atoms with Crippen molar-refractivity contribution in [3.63, 3.8) is 0 Å². The SMILES string of the molecule is Cc1ccccc1NC(=O)[C@H](C)Sc1ncc(C#N)c(N)n1. The van der Waals surface area contributed by atoms with Crippen LogP contribution in [0.15, 0.2) is 35.6 Å². The monoisotopic (exact) mass is 313 g/mol. The molecule has 2 aromatic rings. The Morgan fingerprint density at radius 3 is 2.82 bits per heavy atom. The van der Waals surface area contributed by atoms with E-state index in [1.54, 1.807) is 6.92 Å². The Kier molecular flexibility index (Phi) is 4.96. The van der Waals surface area contributed by atoms with E-state index in [9.17, 15) is 4.79 Å². The fourth-order valence-electron chi connectivity index (χ4n) is 1.68. The Labute approximate surface area is 132 Å². The van der Waals surface area contributed by atoms with Crippen molar-refractivity contribution in [1.29, 1.82) is 5.26 Å². The molecule has 0 unspecified atom stereocenters. The number of carbonyl (C=O) groups is 1. The zero-order chi connectivity index (χ0) is 16.1. The molecule has 2 rings (SSSR count). The summed E-state index contributed by atoms with van der Waals surface area (Å²) in [6, 6.07) is 9.45. The molecule has 0 spiro atoms. The molecule has 0 aliphatic heterocycles. The third-order valence-electron chi connectivity index (χ3n) is 2.97. The molecule has 1 aromatic heterocycles. The summed E-state index contributed by atoms with van der Waals surface area (Å²) >= 11 is 1.19. The summed E-state index contributed by atoms with van der Waals surface area (Å²) in [5, 5.41) is 11.6. The van der Waals surface area contributed by atoms with Crippen LogP contribution in [0.5, 0.6) is 0 Å². The molecule has 1 atom stereocenters. The van der Waals surface area contributed by atoms with Gasteiger partial charge in [-0.3, -0.25) is 4.79 Å². The molecule has 1 heterocycles. The molecule has 1 aromatic carbocycles. The van der Waals surface area contributed by atoms with E-state index in [1.165, 1.54) is 18.0 Å². The Morgan fingerprint density at radius 2 is 2.18 bits per heavy atom. The number of aromatic nitrogens is 2. The second kappa shape index (κ2) is 6.91. The Hall–Kier alpha value is -2.59. The lowest BCUT2D eigenvalue weighted by atomic mass is 10.2. The lowest BCUT2D eigenvalue weighted by Gasteiger charge is -2.12. The normalized spacial score (nSPS) is 11.5. The molecule has 0 saturated heterocycles. The zero-order valence-electron chi connectivity index (χ0n) is 12.2. The predicted molar refractivity (Wildman–Crippen MR) is 86.3 cm³/mol. The molecule has 3 N–H and O–H groups in total. The second-order valence-corrected chi connectivity index (χ2v) is 5.94. The van der Waals surface area contributed by atoms with Crippen LogP contribution in [-0.4, -0.2) is 21.1 Å². The van der Waals surface area contributed by atoms with Gasteiger partial charge >= 0.3 is 0 Å². The summed E-state index contributed by atoms with van der Waals surface area (Å²) < 4.78 is 0. The number of para-hydroxylation sites is 1. The largest absolute Gasteiger partial charge is 0.382 e. The lowest BCUT2D eigenvalue weighted by Crippen LogP contribution is -2.23. The maximum atomic E-state index is 12.2. The number of nitrogens with two attached hydrogens (primary N) is 1. The van der Waals surface area contributed by atoms with E-state index in [0.717, 1.165) is 11.3 Å². The number of anilines is 2. The van der Waals surface area contributed by atoms with E-state index in [1.807, 2.05) is 37.3 Å². The van der Waals surface area contributed by atoms with E-state index in [2.05, 4.69) is 15.3 Å². The van der Waals surface area contributed by atoms with Crippen molar-refractivity contribution in [2.24, 2.45) is 0 Å². The van der Waals surface area contributed by atoms with E-state index < -0.39 is 5.25 Å². The first-order chi connectivity index (χ1) is 10.5. The number of benzene rings is 1. The average Bonchev–Trinajstić information content (AvgIpc) is 2.49. The number of hydrogen-bond acceptors (Lipinski definition) is 6. The fourth-order valence-corrected chi connectivity index (χ4v) is 2.43. The van der Waals surface area contributed by atoms with Crippen molar-refractivity contribution in [2.45, 2.75) is 24.3 Å². The van der Waals surface area contributed by atoms with Gasteiger partial charge in [0.1, 0.15) is 17.5 Å². The van der Waals surface area contributed by atoms with Crippen molar-refractivity contribution in [2.75, 3.05) is 11.1 Å². The summed E-state index contributed by atoms with van der Waals surface area (Å²) in [5.41, 5.74) is 7.63. The number of amides is 1. The maximum Gasteiger partial charge on any atom is 0.237 e. The van der Waals surface area contributed by atoms with Crippen molar-refractivity contribution < 1.29 is 4.79 Å². The molecule has 1 amide bonds. The first kappa shape index (κ1) is 15.8. The molecule has 112 valence electrons. The smallest absolute Gasteiger partial charge is 0.237 e. The van der Waals surface area contributed by atoms with Crippen LogP contribution in [0.3, 0.4) is 0 Å². The minimum Gasteiger partial charge on any atom is -0.382 e. The molecule has 0 bridgehead atoms. The molecule has 0 fully saturated rings. The molecular weight excluding hydrogens is 298 g/mol. The van der Waals surface area contributed by atoms with Gasteiger partial charge in [-0.05, 0) is 25.5 Å². The average molecular weight is 313 g/mol. The highest BCUT2D eigenvalue weighted by molar-refractivity contribution is 8.00. The molecule has 0 saturated carbocycles. The number of carbonyl (C=O) groups excluding carboxylic acids is 1. The number of nitrogen functional groups attached to an aromatic ring is 1. The van der Waals surface area contributed by atoms with Crippen LogP contribution in [0.2, 0.25) is 0 Å². The minimum atomic E-state index is -0.396. The number of nitrogens with one attached hydrogen (secondary N) is 1. The number of aryl methyl sites for hydroxylation is 1. The highest BCUT2D eigenvalue weighted by Gasteiger charge is 2.17. The maximum absolute atomic E-state index is 12.2. The summed E-state index contributed by atoms with van der Waals surface area (Å²) in [6.45, 7) is 3.69. The Bertz CT molecular complexity index is 741. The van der Waals surface area contributed by atoms with Crippen LogP contribution in [0, 0.1) is 18.3 Å². The third kappa shape index (κ3) is 3.74. The van der Waals surface area contributed by atoms with E-state index >= 15 is 0 Å². The van der Waals surface area contributed by atoms with Crippen molar-refractivity contribution in [3.8, 4) is 6.07 Å². The Morgan fingerprint density at radius 1 is 1.45 bits per heavy atom. The first-order valence-corrected chi connectivity index (χ1v) is 7.45. The van der Waals surface area contributed by atoms with Crippen LogP contribution in [0.4, 0.5) is 11.5 Å². The quantitative estimate of drug-likeness (QED) is 0.663. The van der Waals surface area contributed by atoms with Crippen molar-refractivity contribution in [1.82, 2.24) is 9.97 Å². The molecule has 22 heavy (non-hydrogen) atoms. The van der Waals surface area contributed by atoms with E-state index in [4.69, 9.17) is 11.0 Å². The Balaban J connectivity index is 2.04. The van der Waals surface area contributed by atoms with E-state index in [-0.39, 0.29) is 17.3 Å². The van der Waals surface area contributed by atoms with Gasteiger partial charge in [0.15, 0.2) is 5.16 Å². The van der Waals surface area contributed by atoms with Gasteiger partial charge in [0.2, 0.25) is 5.91 Å². The highest BCUT2D eigenvalue weighted by Crippen LogP contribution is 2.23. The first-order valence-electron chi connectivity index (χ1n) is 6.57. The molecular formula is C15H15N5OS. The number of thioether (sulfide) groups is 1. The van der Waals surface area contributed by atoms with Crippen LogP contribution < -0.4 is 11.1 Å². The van der Waals surface area contributed by atoms with Gasteiger partial charge < -0.3 is 11.1 Å². The summed E-state index contributed by atoms with van der Waals surface area (Å²) in [6.07, 6.45) is 1.36. The predicted octanol–water partition coefficient (Wildman–Crippen LogP) is 2.36. The number of nitriles is 1. The fraction of sp³-hybridized carbons (Fsp3) is 0.200. The molecule has 0 aliphatic rings.